The molecule has 2 aliphatic rings. The van der Waals surface area contributed by atoms with Gasteiger partial charge in [-0.05, 0) is 60.7 Å². The molecule has 2 saturated carbocycles. The second-order valence-electron chi connectivity index (χ2n) is 9.09. The average molecular weight is 322 g/mol. The quantitative estimate of drug-likeness (QED) is 0.725. The lowest BCUT2D eigenvalue weighted by atomic mass is 9.46. The van der Waals surface area contributed by atoms with Crippen molar-refractivity contribution in [1.82, 2.24) is 0 Å². The van der Waals surface area contributed by atoms with Gasteiger partial charge in [0.1, 0.15) is 0 Å². The van der Waals surface area contributed by atoms with Crippen LogP contribution in [0.4, 0.5) is 0 Å². The maximum absolute atomic E-state index is 10.9. The Hall–Kier alpha value is -0.830. The van der Waals surface area contributed by atoms with Crippen molar-refractivity contribution in [3.8, 4) is 0 Å². The molecule has 0 aromatic rings. The van der Waals surface area contributed by atoms with E-state index in [1.165, 1.54) is 18.4 Å². The first-order valence-electron chi connectivity index (χ1n) is 9.15. The number of carbonyl (C=O) groups is 1. The summed E-state index contributed by atoms with van der Waals surface area (Å²) in [6.07, 6.45) is 6.14. The zero-order valence-electron chi connectivity index (χ0n) is 15.3. The lowest BCUT2D eigenvalue weighted by Crippen LogP contribution is -2.55. The molecule has 5 atom stereocenters. The van der Waals surface area contributed by atoms with Gasteiger partial charge in [-0.2, -0.15) is 0 Å². The Kier molecular flexibility index (Phi) is 5.30. The molecule has 2 aliphatic carbocycles. The topological polar surface area (TPSA) is 57.5 Å². The van der Waals surface area contributed by atoms with E-state index in [4.69, 9.17) is 5.11 Å². The highest BCUT2D eigenvalue weighted by atomic mass is 16.4. The van der Waals surface area contributed by atoms with Crippen molar-refractivity contribution in [2.45, 2.75) is 78.7 Å². The third kappa shape index (κ3) is 3.65. The van der Waals surface area contributed by atoms with Crippen molar-refractivity contribution >= 4 is 5.97 Å². The Bertz CT molecular complexity index is 468. The van der Waals surface area contributed by atoms with Crippen molar-refractivity contribution in [2.24, 2.45) is 28.6 Å². The van der Waals surface area contributed by atoms with E-state index in [0.29, 0.717) is 18.3 Å². The average Bonchev–Trinajstić information content (AvgIpc) is 2.34. The summed E-state index contributed by atoms with van der Waals surface area (Å²) in [5.74, 6) is 0.213. The van der Waals surface area contributed by atoms with Crippen LogP contribution in [0.2, 0.25) is 0 Å². The van der Waals surface area contributed by atoms with Crippen molar-refractivity contribution in [3.63, 3.8) is 0 Å². The third-order valence-corrected chi connectivity index (χ3v) is 6.71. The van der Waals surface area contributed by atoms with Gasteiger partial charge in [0.15, 0.2) is 0 Å². The molecule has 0 spiro atoms. The SMILES string of the molecule is C=C1C[C@H](O)[C@@H]2C(C)(C)CCC[C@@]2(C)[C@@H]1CC[C@H](C)CC(=O)O. The Labute approximate surface area is 141 Å². The number of fused-ring (bicyclic) bond motifs is 1. The van der Waals surface area contributed by atoms with E-state index in [-0.39, 0.29) is 29.3 Å². The van der Waals surface area contributed by atoms with Gasteiger partial charge in [-0.1, -0.05) is 46.3 Å². The van der Waals surface area contributed by atoms with Gasteiger partial charge in [0.25, 0.3) is 0 Å². The summed E-state index contributed by atoms with van der Waals surface area (Å²) in [5.41, 5.74) is 1.44. The molecular weight excluding hydrogens is 288 g/mol. The fraction of sp³-hybridized carbons (Fsp3) is 0.850. The van der Waals surface area contributed by atoms with Crippen LogP contribution in [0.3, 0.4) is 0 Å². The zero-order chi connectivity index (χ0) is 17.4. The van der Waals surface area contributed by atoms with Gasteiger partial charge in [0.2, 0.25) is 0 Å². The molecule has 2 N–H and O–H groups in total. The summed E-state index contributed by atoms with van der Waals surface area (Å²) in [6, 6.07) is 0. The number of hydrogen-bond donors (Lipinski definition) is 2. The summed E-state index contributed by atoms with van der Waals surface area (Å²) < 4.78 is 0. The summed E-state index contributed by atoms with van der Waals surface area (Å²) in [4.78, 5) is 10.9. The molecule has 0 amide bonds. The van der Waals surface area contributed by atoms with Crippen molar-refractivity contribution in [2.75, 3.05) is 0 Å². The standard InChI is InChI=1S/C20H34O3/c1-13(11-17(22)23)7-8-15-14(2)12-16(21)18-19(3,4)9-6-10-20(15,18)5/h13,15-16,18,21H,2,6-12H2,1,3-5H3,(H,22,23)/t13-,15+,16-,18+,20-/m0/s1. The highest BCUT2D eigenvalue weighted by Crippen LogP contribution is 2.61. The Morgan fingerprint density at radius 1 is 1.35 bits per heavy atom. The normalized spacial score (nSPS) is 38.0. The van der Waals surface area contributed by atoms with E-state index >= 15 is 0 Å². The molecule has 0 saturated heterocycles. The predicted octanol–water partition coefficient (Wildman–Crippen LogP) is 4.65. The molecule has 0 aromatic carbocycles. The molecule has 3 heteroatoms. The summed E-state index contributed by atoms with van der Waals surface area (Å²) in [5, 5.41) is 19.7. The number of aliphatic carboxylic acids is 1. The predicted molar refractivity (Wildman–Crippen MR) is 93.1 cm³/mol. The van der Waals surface area contributed by atoms with Crippen LogP contribution in [-0.2, 0) is 4.79 Å². The van der Waals surface area contributed by atoms with Crippen LogP contribution >= 0.6 is 0 Å². The van der Waals surface area contributed by atoms with E-state index in [1.807, 2.05) is 6.92 Å². The molecule has 0 radical (unpaired) electrons. The molecule has 0 aliphatic heterocycles. The van der Waals surface area contributed by atoms with Crippen molar-refractivity contribution in [1.29, 1.82) is 0 Å². The molecule has 132 valence electrons. The maximum Gasteiger partial charge on any atom is 0.303 e. The largest absolute Gasteiger partial charge is 0.481 e. The molecule has 0 heterocycles. The molecule has 0 unspecified atom stereocenters. The van der Waals surface area contributed by atoms with Crippen LogP contribution < -0.4 is 0 Å². The van der Waals surface area contributed by atoms with Crippen molar-refractivity contribution < 1.29 is 15.0 Å². The summed E-state index contributed by atoms with van der Waals surface area (Å²) in [6.45, 7) is 13.3. The molecule has 2 fully saturated rings. The van der Waals surface area contributed by atoms with Crippen LogP contribution in [0.25, 0.3) is 0 Å². The third-order valence-electron chi connectivity index (χ3n) is 6.71. The first kappa shape index (κ1) is 18.5. The van der Waals surface area contributed by atoms with Gasteiger partial charge >= 0.3 is 5.97 Å². The monoisotopic (exact) mass is 322 g/mol. The Morgan fingerprint density at radius 3 is 2.61 bits per heavy atom. The van der Waals surface area contributed by atoms with Gasteiger partial charge in [-0.3, -0.25) is 4.79 Å². The first-order chi connectivity index (χ1) is 10.6. The summed E-state index contributed by atoms with van der Waals surface area (Å²) in [7, 11) is 0. The van der Waals surface area contributed by atoms with Gasteiger partial charge in [0.05, 0.1) is 6.10 Å². The Morgan fingerprint density at radius 2 is 2.00 bits per heavy atom. The minimum absolute atomic E-state index is 0.0967. The van der Waals surface area contributed by atoms with E-state index in [9.17, 15) is 9.90 Å². The van der Waals surface area contributed by atoms with Crippen LogP contribution in [0.15, 0.2) is 12.2 Å². The van der Waals surface area contributed by atoms with E-state index < -0.39 is 5.97 Å². The molecule has 23 heavy (non-hydrogen) atoms. The highest BCUT2D eigenvalue weighted by molar-refractivity contribution is 5.66. The van der Waals surface area contributed by atoms with E-state index in [1.54, 1.807) is 0 Å². The molecule has 2 rings (SSSR count). The van der Waals surface area contributed by atoms with Gasteiger partial charge in [0, 0.05) is 6.42 Å². The second-order valence-corrected chi connectivity index (χ2v) is 9.09. The molecular formula is C20H34O3. The van der Waals surface area contributed by atoms with Gasteiger partial charge < -0.3 is 10.2 Å². The van der Waals surface area contributed by atoms with Crippen LogP contribution in [-0.4, -0.2) is 22.3 Å². The number of carboxylic acids is 1. The number of aliphatic hydroxyl groups is 1. The second kappa shape index (κ2) is 6.58. The highest BCUT2D eigenvalue weighted by Gasteiger charge is 2.56. The van der Waals surface area contributed by atoms with Gasteiger partial charge in [-0.25, -0.2) is 0 Å². The number of hydrogen-bond acceptors (Lipinski definition) is 2. The van der Waals surface area contributed by atoms with E-state index in [2.05, 4.69) is 27.4 Å². The number of rotatable bonds is 5. The molecule has 3 nitrogen and oxygen atoms in total. The maximum atomic E-state index is 10.9. The molecule has 0 aromatic heterocycles. The van der Waals surface area contributed by atoms with Crippen LogP contribution in [0, 0.1) is 28.6 Å². The molecule has 0 bridgehead atoms. The Balaban J connectivity index is 2.17. The van der Waals surface area contributed by atoms with E-state index in [0.717, 1.165) is 19.3 Å². The van der Waals surface area contributed by atoms with Crippen LogP contribution in [0.5, 0.6) is 0 Å². The summed E-state index contributed by atoms with van der Waals surface area (Å²) >= 11 is 0. The first-order valence-corrected chi connectivity index (χ1v) is 9.15. The van der Waals surface area contributed by atoms with Crippen LogP contribution in [0.1, 0.15) is 72.6 Å². The van der Waals surface area contributed by atoms with Crippen molar-refractivity contribution in [3.05, 3.63) is 12.2 Å². The zero-order valence-corrected chi connectivity index (χ0v) is 15.3. The van der Waals surface area contributed by atoms with Gasteiger partial charge in [-0.15, -0.1) is 0 Å². The minimum atomic E-state index is -0.710. The smallest absolute Gasteiger partial charge is 0.303 e. The minimum Gasteiger partial charge on any atom is -0.481 e. The lowest BCUT2D eigenvalue weighted by Gasteiger charge is -2.59. The number of carboxylic acid groups (broad SMARTS) is 1. The lowest BCUT2D eigenvalue weighted by molar-refractivity contribution is -0.138. The fourth-order valence-electron chi connectivity index (χ4n) is 5.86. The fourth-order valence-corrected chi connectivity index (χ4v) is 5.86. The number of aliphatic hydroxyl groups excluding tert-OH is 1.